The molecule has 2 aliphatic carbocycles. The van der Waals surface area contributed by atoms with Crippen molar-refractivity contribution in [2.75, 3.05) is 18.6 Å². The molecule has 2 rings (SSSR count). The van der Waals surface area contributed by atoms with Gasteiger partial charge in [-0.25, -0.2) is 0 Å². The SMILES string of the molecule is CSCCCC1(CO)CC2CC2C1. The summed E-state index contributed by atoms with van der Waals surface area (Å²) in [6.07, 6.45) is 8.83. The standard InChI is InChI=1S/C11H20OS/c1-13-4-2-3-11(8-12)6-9-5-10(9)7-11/h9-10,12H,2-8H2,1H3. The number of aliphatic hydroxyl groups excluding tert-OH is 1. The van der Waals surface area contributed by atoms with Gasteiger partial charge in [-0.05, 0) is 61.4 Å². The smallest absolute Gasteiger partial charge is 0.0487 e. The van der Waals surface area contributed by atoms with Gasteiger partial charge in [0.15, 0.2) is 0 Å². The third-order valence-corrected chi connectivity index (χ3v) is 4.55. The van der Waals surface area contributed by atoms with Gasteiger partial charge in [-0.15, -0.1) is 0 Å². The maximum atomic E-state index is 9.45. The first-order valence-electron chi connectivity index (χ1n) is 5.39. The molecule has 0 heterocycles. The van der Waals surface area contributed by atoms with Crippen molar-refractivity contribution < 1.29 is 5.11 Å². The normalized spacial score (nSPS) is 42.0. The van der Waals surface area contributed by atoms with Gasteiger partial charge in [-0.1, -0.05) is 0 Å². The van der Waals surface area contributed by atoms with Gasteiger partial charge in [0.1, 0.15) is 0 Å². The van der Waals surface area contributed by atoms with E-state index in [0.29, 0.717) is 12.0 Å². The van der Waals surface area contributed by atoms with Crippen molar-refractivity contribution in [3.63, 3.8) is 0 Å². The second kappa shape index (κ2) is 3.82. The minimum atomic E-state index is 0.351. The lowest BCUT2D eigenvalue weighted by molar-refractivity contribution is 0.107. The van der Waals surface area contributed by atoms with E-state index in [4.69, 9.17) is 0 Å². The predicted molar refractivity (Wildman–Crippen MR) is 58.0 cm³/mol. The topological polar surface area (TPSA) is 20.2 Å². The fourth-order valence-electron chi connectivity index (χ4n) is 3.01. The average molecular weight is 200 g/mol. The van der Waals surface area contributed by atoms with Crippen molar-refractivity contribution in [1.82, 2.24) is 0 Å². The molecule has 0 aromatic heterocycles. The van der Waals surface area contributed by atoms with Gasteiger partial charge in [0.25, 0.3) is 0 Å². The molecular weight excluding hydrogens is 180 g/mol. The molecule has 2 atom stereocenters. The molecule has 1 nitrogen and oxygen atoms in total. The minimum absolute atomic E-state index is 0.351. The van der Waals surface area contributed by atoms with E-state index < -0.39 is 0 Å². The van der Waals surface area contributed by atoms with Crippen LogP contribution in [-0.2, 0) is 0 Å². The Labute approximate surface area is 85.3 Å². The quantitative estimate of drug-likeness (QED) is 0.688. The van der Waals surface area contributed by atoms with E-state index in [2.05, 4.69) is 6.26 Å². The van der Waals surface area contributed by atoms with E-state index in [9.17, 15) is 5.11 Å². The third-order valence-electron chi connectivity index (χ3n) is 3.85. The summed E-state index contributed by atoms with van der Waals surface area (Å²) in [5, 5.41) is 9.45. The van der Waals surface area contributed by atoms with E-state index in [1.165, 1.54) is 37.9 Å². The van der Waals surface area contributed by atoms with Gasteiger partial charge >= 0.3 is 0 Å². The van der Waals surface area contributed by atoms with Crippen LogP contribution in [0.2, 0.25) is 0 Å². The Morgan fingerprint density at radius 1 is 1.38 bits per heavy atom. The van der Waals surface area contributed by atoms with Crippen LogP contribution in [0.15, 0.2) is 0 Å². The zero-order valence-corrected chi connectivity index (χ0v) is 9.28. The summed E-state index contributed by atoms with van der Waals surface area (Å²) in [4.78, 5) is 0. The molecule has 2 aliphatic rings. The highest BCUT2D eigenvalue weighted by atomic mass is 32.2. The van der Waals surface area contributed by atoms with E-state index in [1.807, 2.05) is 11.8 Å². The summed E-state index contributed by atoms with van der Waals surface area (Å²) in [7, 11) is 0. The van der Waals surface area contributed by atoms with Crippen molar-refractivity contribution in [3.8, 4) is 0 Å². The molecule has 1 N–H and O–H groups in total. The first-order chi connectivity index (χ1) is 6.29. The summed E-state index contributed by atoms with van der Waals surface area (Å²) in [6.45, 7) is 0.439. The maximum Gasteiger partial charge on any atom is 0.0487 e. The van der Waals surface area contributed by atoms with Gasteiger partial charge in [0.05, 0.1) is 0 Å². The highest BCUT2D eigenvalue weighted by Gasteiger charge is 2.52. The Hall–Kier alpha value is 0.310. The van der Waals surface area contributed by atoms with Crippen molar-refractivity contribution in [2.45, 2.75) is 32.1 Å². The van der Waals surface area contributed by atoms with Crippen molar-refractivity contribution >= 4 is 11.8 Å². The van der Waals surface area contributed by atoms with Gasteiger partial charge in [-0.2, -0.15) is 11.8 Å². The van der Waals surface area contributed by atoms with E-state index in [0.717, 1.165) is 11.8 Å². The Bertz CT molecular complexity index is 171. The Kier molecular flexibility index (Phi) is 2.89. The molecule has 2 saturated carbocycles. The van der Waals surface area contributed by atoms with E-state index in [1.54, 1.807) is 0 Å². The molecule has 0 aromatic carbocycles. The maximum absolute atomic E-state index is 9.45. The van der Waals surface area contributed by atoms with Crippen LogP contribution in [0.4, 0.5) is 0 Å². The molecule has 2 fully saturated rings. The largest absolute Gasteiger partial charge is 0.396 e. The lowest BCUT2D eigenvalue weighted by atomic mass is 9.80. The van der Waals surface area contributed by atoms with Gasteiger partial charge in [0.2, 0.25) is 0 Å². The summed E-state index contributed by atoms with van der Waals surface area (Å²) < 4.78 is 0. The second-order valence-corrected chi connectivity index (χ2v) is 5.90. The van der Waals surface area contributed by atoms with Crippen LogP contribution in [0.5, 0.6) is 0 Å². The van der Waals surface area contributed by atoms with Crippen LogP contribution in [0, 0.1) is 17.3 Å². The lowest BCUT2D eigenvalue weighted by Crippen LogP contribution is -2.23. The molecule has 0 amide bonds. The fraction of sp³-hybridized carbons (Fsp3) is 1.00. The fourth-order valence-corrected chi connectivity index (χ4v) is 3.44. The average Bonchev–Trinajstić information content (AvgIpc) is 2.76. The minimum Gasteiger partial charge on any atom is -0.396 e. The molecule has 0 radical (unpaired) electrons. The third kappa shape index (κ3) is 2.04. The molecule has 0 saturated heterocycles. The second-order valence-electron chi connectivity index (χ2n) is 4.92. The van der Waals surface area contributed by atoms with E-state index >= 15 is 0 Å². The number of hydrogen-bond donors (Lipinski definition) is 1. The number of rotatable bonds is 5. The molecule has 0 aliphatic heterocycles. The van der Waals surface area contributed by atoms with E-state index in [-0.39, 0.29) is 0 Å². The van der Waals surface area contributed by atoms with Crippen molar-refractivity contribution in [2.24, 2.45) is 17.3 Å². The van der Waals surface area contributed by atoms with Gasteiger partial charge in [0, 0.05) is 6.61 Å². The van der Waals surface area contributed by atoms with Crippen LogP contribution >= 0.6 is 11.8 Å². The summed E-state index contributed by atoms with van der Waals surface area (Å²) in [6, 6.07) is 0. The first kappa shape index (κ1) is 9.85. The lowest BCUT2D eigenvalue weighted by Gasteiger charge is -2.28. The molecule has 2 unspecified atom stereocenters. The molecular formula is C11H20OS. The number of thioether (sulfide) groups is 1. The molecule has 2 heteroatoms. The van der Waals surface area contributed by atoms with Crippen molar-refractivity contribution in [1.29, 1.82) is 0 Å². The van der Waals surface area contributed by atoms with Crippen LogP contribution in [-0.4, -0.2) is 23.7 Å². The number of fused-ring (bicyclic) bond motifs is 1. The first-order valence-corrected chi connectivity index (χ1v) is 6.79. The van der Waals surface area contributed by atoms with Crippen LogP contribution < -0.4 is 0 Å². The molecule has 0 spiro atoms. The Morgan fingerprint density at radius 3 is 2.62 bits per heavy atom. The molecule has 13 heavy (non-hydrogen) atoms. The van der Waals surface area contributed by atoms with Crippen LogP contribution in [0.25, 0.3) is 0 Å². The van der Waals surface area contributed by atoms with Gasteiger partial charge in [-0.3, -0.25) is 0 Å². The predicted octanol–water partition coefficient (Wildman–Crippen LogP) is 2.54. The van der Waals surface area contributed by atoms with Crippen LogP contribution in [0.1, 0.15) is 32.1 Å². The Morgan fingerprint density at radius 2 is 2.08 bits per heavy atom. The highest BCUT2D eigenvalue weighted by Crippen LogP contribution is 2.61. The summed E-state index contributed by atoms with van der Waals surface area (Å²) in [5.74, 6) is 3.26. The molecule has 76 valence electrons. The van der Waals surface area contributed by atoms with Gasteiger partial charge < -0.3 is 5.11 Å². The Balaban J connectivity index is 1.78. The monoisotopic (exact) mass is 200 g/mol. The molecule has 0 bridgehead atoms. The number of aliphatic hydroxyl groups is 1. The highest BCUT2D eigenvalue weighted by molar-refractivity contribution is 7.98. The summed E-state index contributed by atoms with van der Waals surface area (Å²) in [5.41, 5.74) is 0.351. The number of hydrogen-bond acceptors (Lipinski definition) is 2. The van der Waals surface area contributed by atoms with Crippen LogP contribution in [0.3, 0.4) is 0 Å². The molecule has 0 aromatic rings. The zero-order valence-electron chi connectivity index (χ0n) is 8.46. The zero-order chi connectivity index (χ0) is 9.31. The summed E-state index contributed by atoms with van der Waals surface area (Å²) >= 11 is 1.92. The van der Waals surface area contributed by atoms with Crippen molar-refractivity contribution in [3.05, 3.63) is 0 Å².